The van der Waals surface area contributed by atoms with Crippen molar-refractivity contribution >= 4 is 55.1 Å². The molecular weight excluding hydrogens is 657 g/mol. The Labute approximate surface area is 311 Å². The summed E-state index contributed by atoms with van der Waals surface area (Å²) >= 11 is 1.75. The van der Waals surface area contributed by atoms with Crippen LogP contribution in [0.25, 0.3) is 21.5 Å². The van der Waals surface area contributed by atoms with Gasteiger partial charge in [-0.1, -0.05) is 101 Å². The first-order chi connectivity index (χ1) is 25.0. The monoisotopic (exact) mass is 701 g/mol. The summed E-state index contributed by atoms with van der Waals surface area (Å²) in [4.78, 5) is 18.7. The molecule has 2 aliphatic heterocycles. The molecule has 0 spiro atoms. The number of hydrogen-bond acceptors (Lipinski definition) is 3. The van der Waals surface area contributed by atoms with Gasteiger partial charge in [0, 0.05) is 71.0 Å². The Kier molecular flexibility index (Phi) is 8.30. The summed E-state index contributed by atoms with van der Waals surface area (Å²) in [7, 11) is 4.38. The van der Waals surface area contributed by atoms with Crippen molar-refractivity contribution in [3.63, 3.8) is 0 Å². The molecule has 0 unspecified atom stereocenters. The number of allylic oxidation sites excluding steroid dienone is 8. The molecule has 3 aliphatic rings. The van der Waals surface area contributed by atoms with Crippen LogP contribution in [-0.4, -0.2) is 30.0 Å². The first-order valence-electron chi connectivity index (χ1n) is 18.2. The summed E-state index contributed by atoms with van der Waals surface area (Å²) in [6.07, 6.45) is 12.4. The van der Waals surface area contributed by atoms with Crippen molar-refractivity contribution in [2.75, 3.05) is 23.9 Å². The highest BCUT2D eigenvalue weighted by molar-refractivity contribution is 7.79. The van der Waals surface area contributed by atoms with Gasteiger partial charge in [0.15, 0.2) is 0 Å². The van der Waals surface area contributed by atoms with Gasteiger partial charge in [-0.25, -0.2) is 4.79 Å². The van der Waals surface area contributed by atoms with Crippen LogP contribution in [0.1, 0.15) is 68.4 Å². The number of fused-ring (bicyclic) bond motifs is 6. The summed E-state index contributed by atoms with van der Waals surface area (Å²) in [6, 6.07) is 33.7. The lowest BCUT2D eigenvalue weighted by molar-refractivity contribution is 0.0696. The SMILES string of the molecule is CN1/C(=C\C=C2/CCC/C(=C\C=C3/N(C)c4ccc5ccccc5c4C3(C)C)C2=[S+]c2ccc(C(=O)O)cc2)C(C)(C)c2c1ccc1ccccc21. The van der Waals surface area contributed by atoms with Crippen LogP contribution in [0.5, 0.6) is 0 Å². The maximum absolute atomic E-state index is 11.6. The molecule has 2 heterocycles. The van der Waals surface area contributed by atoms with E-state index < -0.39 is 5.97 Å². The number of likely N-dealkylation sites (N-methyl/N-ethyl adjacent to an activating group) is 2. The molecule has 0 bridgehead atoms. The minimum atomic E-state index is -0.907. The molecule has 1 saturated carbocycles. The Balaban J connectivity index is 1.22. The highest BCUT2D eigenvalue weighted by Crippen LogP contribution is 2.51. The second kappa shape index (κ2) is 12.8. The van der Waals surface area contributed by atoms with Crippen LogP contribution in [0.2, 0.25) is 0 Å². The van der Waals surface area contributed by atoms with Gasteiger partial charge in [0.05, 0.1) is 5.56 Å². The van der Waals surface area contributed by atoms with E-state index in [-0.39, 0.29) is 10.8 Å². The van der Waals surface area contributed by atoms with Crippen molar-refractivity contribution in [3.8, 4) is 0 Å². The highest BCUT2D eigenvalue weighted by atomic mass is 32.1. The smallest absolute Gasteiger partial charge is 0.335 e. The lowest BCUT2D eigenvalue weighted by Gasteiger charge is -2.25. The summed E-state index contributed by atoms with van der Waals surface area (Å²) in [6.45, 7) is 9.37. The van der Waals surface area contributed by atoms with Crippen LogP contribution < -0.4 is 9.80 Å². The maximum Gasteiger partial charge on any atom is 0.335 e. The van der Waals surface area contributed by atoms with E-state index in [0.29, 0.717) is 5.56 Å². The fourth-order valence-corrected chi connectivity index (χ4v) is 9.99. The van der Waals surface area contributed by atoms with Gasteiger partial charge in [-0.3, -0.25) is 0 Å². The molecule has 52 heavy (non-hydrogen) atoms. The van der Waals surface area contributed by atoms with E-state index in [1.807, 2.05) is 12.1 Å². The lowest BCUT2D eigenvalue weighted by Crippen LogP contribution is -2.23. The molecule has 5 heteroatoms. The minimum Gasteiger partial charge on any atom is -0.478 e. The topological polar surface area (TPSA) is 43.8 Å². The van der Waals surface area contributed by atoms with Crippen molar-refractivity contribution in [1.82, 2.24) is 0 Å². The number of carboxylic acid groups (broad SMARTS) is 1. The van der Waals surface area contributed by atoms with Gasteiger partial charge < -0.3 is 14.9 Å². The van der Waals surface area contributed by atoms with Crippen molar-refractivity contribution in [3.05, 3.63) is 161 Å². The van der Waals surface area contributed by atoms with Crippen LogP contribution in [-0.2, 0) is 22.2 Å². The van der Waals surface area contributed by atoms with E-state index in [0.717, 1.165) is 24.2 Å². The van der Waals surface area contributed by atoms with Crippen molar-refractivity contribution < 1.29 is 9.90 Å². The fraction of sp³-hybridized carbons (Fsp3) is 0.234. The predicted octanol–water partition coefficient (Wildman–Crippen LogP) is 11.0. The summed E-state index contributed by atoms with van der Waals surface area (Å²) in [5.74, 6) is -0.907. The summed E-state index contributed by atoms with van der Waals surface area (Å²) < 4.78 is 0. The number of carbonyl (C=O) groups is 1. The number of aromatic carboxylic acids is 1. The zero-order valence-corrected chi connectivity index (χ0v) is 31.6. The van der Waals surface area contributed by atoms with Gasteiger partial charge in [0.25, 0.3) is 0 Å². The molecule has 5 aromatic carbocycles. The van der Waals surface area contributed by atoms with Crippen molar-refractivity contribution in [2.45, 2.75) is 62.7 Å². The molecule has 0 saturated heterocycles. The van der Waals surface area contributed by atoms with Crippen LogP contribution in [0.3, 0.4) is 0 Å². The molecule has 0 atom stereocenters. The number of carboxylic acids is 1. The van der Waals surface area contributed by atoms with Gasteiger partial charge in [0.2, 0.25) is 21.1 Å². The molecule has 1 fully saturated rings. The molecule has 0 radical (unpaired) electrons. The summed E-state index contributed by atoms with van der Waals surface area (Å²) in [5, 5.41) is 14.7. The van der Waals surface area contributed by atoms with E-state index >= 15 is 0 Å². The van der Waals surface area contributed by atoms with Crippen molar-refractivity contribution in [1.29, 1.82) is 0 Å². The third-order valence-corrected chi connectivity index (χ3v) is 12.7. The van der Waals surface area contributed by atoms with Gasteiger partial charge in [0.1, 0.15) is 0 Å². The number of hydrogen-bond donors (Lipinski definition) is 1. The molecule has 0 amide bonds. The molecule has 4 nitrogen and oxygen atoms in total. The predicted molar refractivity (Wildman–Crippen MR) is 221 cm³/mol. The van der Waals surface area contributed by atoms with Gasteiger partial charge in [-0.05, 0) is 88.4 Å². The van der Waals surface area contributed by atoms with E-state index in [1.54, 1.807) is 23.5 Å². The lowest BCUT2D eigenvalue weighted by atomic mass is 9.80. The number of rotatable bonds is 4. The third-order valence-electron chi connectivity index (χ3n) is 11.5. The molecule has 1 N–H and O–H groups in total. The van der Waals surface area contributed by atoms with Crippen LogP contribution >= 0.6 is 0 Å². The quantitative estimate of drug-likeness (QED) is 0.115. The molecular formula is C47H45N2O2S+. The Hall–Kier alpha value is -5.26. The molecule has 1 aliphatic carbocycles. The number of nitrogens with zero attached hydrogens (tertiary/aromatic N) is 2. The maximum atomic E-state index is 11.6. The normalized spacial score (nSPS) is 20.8. The van der Waals surface area contributed by atoms with Gasteiger partial charge in [-0.2, -0.15) is 0 Å². The van der Waals surface area contributed by atoms with Gasteiger partial charge in [-0.15, -0.1) is 0 Å². The number of anilines is 2. The zero-order valence-electron chi connectivity index (χ0n) is 30.8. The van der Waals surface area contributed by atoms with E-state index in [4.69, 9.17) is 0 Å². The summed E-state index contributed by atoms with van der Waals surface area (Å²) in [5.41, 5.74) is 10.4. The average molecular weight is 702 g/mol. The minimum absolute atomic E-state index is 0.169. The van der Waals surface area contributed by atoms with Crippen molar-refractivity contribution in [2.24, 2.45) is 0 Å². The second-order valence-corrected chi connectivity index (χ2v) is 16.4. The zero-order chi connectivity index (χ0) is 36.4. The number of benzene rings is 5. The van der Waals surface area contributed by atoms with E-state index in [9.17, 15) is 9.90 Å². The van der Waals surface area contributed by atoms with Crippen LogP contribution in [0.4, 0.5) is 11.4 Å². The highest BCUT2D eigenvalue weighted by Gasteiger charge is 2.41. The third kappa shape index (κ3) is 5.50. The molecule has 5 aromatic rings. The molecule has 0 aromatic heterocycles. The Morgan fingerprint density at radius 2 is 1.10 bits per heavy atom. The Bertz CT molecular complexity index is 2300. The second-order valence-electron chi connectivity index (χ2n) is 15.3. The average Bonchev–Trinajstić information content (AvgIpc) is 3.47. The standard InChI is InChI=1S/C47H44N2O2S/c1-46(2)40(48(5)38-26-20-30-12-7-9-16-36(30)42(38)46)28-22-32-14-11-15-33(44(32)52-35-24-18-34(19-25-35)45(50)51)23-29-41-47(3,4)43-37-17-10-8-13-31(37)21-27-39(43)49(41)6/h7-10,12-13,16-29H,11,14-15H2,1-6H3/p+1/b32-22+,33-23+,40-28-,41-29-. The van der Waals surface area contributed by atoms with E-state index in [1.165, 1.54) is 71.5 Å². The Morgan fingerprint density at radius 3 is 1.56 bits per heavy atom. The Morgan fingerprint density at radius 1 is 0.635 bits per heavy atom. The van der Waals surface area contributed by atoms with Crippen LogP contribution in [0, 0.1) is 0 Å². The van der Waals surface area contributed by atoms with Gasteiger partial charge >= 0.3 is 5.97 Å². The first-order valence-corrected chi connectivity index (χ1v) is 19.0. The molecule has 8 rings (SSSR count). The van der Waals surface area contributed by atoms with Crippen LogP contribution in [0.15, 0.2) is 149 Å². The fourth-order valence-electron chi connectivity index (χ4n) is 8.88. The molecule has 260 valence electrons. The first kappa shape index (κ1) is 33.9. The largest absolute Gasteiger partial charge is 0.478 e. The van der Waals surface area contributed by atoms with E-state index in [2.05, 4.69) is 149 Å².